The Bertz CT molecular complexity index is 855. The molecule has 24 heavy (non-hydrogen) atoms. The number of anilines is 2. The summed E-state index contributed by atoms with van der Waals surface area (Å²) < 4.78 is 5.31. The summed E-state index contributed by atoms with van der Waals surface area (Å²) in [6, 6.07) is 8.31. The van der Waals surface area contributed by atoms with E-state index >= 15 is 0 Å². The smallest absolute Gasteiger partial charge is 0.292 e. The van der Waals surface area contributed by atoms with Crippen molar-refractivity contribution >= 4 is 22.9 Å². The minimum atomic E-state index is 0.169. The summed E-state index contributed by atoms with van der Waals surface area (Å²) in [5, 5.41) is 3.39. The standard InChI is InChI=1S/C17H20N6O/c1-23(12-4-7-19-8-5-12)15-6-9-20-16(22-15)11-2-3-14-13(10-11)21-17(18)24-14/h2-3,6,9-10,12,19H,4-5,7-8H2,1H3,(H2,18,21). The highest BCUT2D eigenvalue weighted by Gasteiger charge is 2.19. The van der Waals surface area contributed by atoms with Crippen LogP contribution in [0.25, 0.3) is 22.5 Å². The van der Waals surface area contributed by atoms with Crippen LogP contribution in [-0.2, 0) is 0 Å². The highest BCUT2D eigenvalue weighted by atomic mass is 16.4. The number of benzene rings is 1. The van der Waals surface area contributed by atoms with Crippen LogP contribution in [0.2, 0.25) is 0 Å². The van der Waals surface area contributed by atoms with E-state index in [0.29, 0.717) is 23.0 Å². The van der Waals surface area contributed by atoms with E-state index in [1.54, 1.807) is 6.20 Å². The Labute approximate surface area is 139 Å². The number of rotatable bonds is 3. The Morgan fingerprint density at radius 2 is 2.04 bits per heavy atom. The number of aromatic nitrogens is 3. The molecule has 2 aromatic heterocycles. The lowest BCUT2D eigenvalue weighted by molar-refractivity contribution is 0.441. The van der Waals surface area contributed by atoms with Crippen molar-refractivity contribution in [3.05, 3.63) is 30.5 Å². The molecule has 0 amide bonds. The van der Waals surface area contributed by atoms with Crippen molar-refractivity contribution in [3.8, 4) is 11.4 Å². The van der Waals surface area contributed by atoms with Gasteiger partial charge in [-0.2, -0.15) is 4.98 Å². The third-order valence-corrected chi connectivity index (χ3v) is 4.52. The topological polar surface area (TPSA) is 93.1 Å². The van der Waals surface area contributed by atoms with Gasteiger partial charge in [-0.3, -0.25) is 0 Å². The predicted molar refractivity (Wildman–Crippen MR) is 93.7 cm³/mol. The van der Waals surface area contributed by atoms with Crippen LogP contribution in [0.15, 0.2) is 34.9 Å². The molecule has 0 radical (unpaired) electrons. The molecule has 0 unspecified atom stereocenters. The van der Waals surface area contributed by atoms with Crippen LogP contribution in [0.4, 0.5) is 11.8 Å². The molecule has 3 N–H and O–H groups in total. The van der Waals surface area contributed by atoms with Crippen LogP contribution in [0.3, 0.4) is 0 Å². The quantitative estimate of drug-likeness (QED) is 0.761. The predicted octanol–water partition coefficient (Wildman–Crippen LogP) is 2.06. The lowest BCUT2D eigenvalue weighted by Crippen LogP contribution is -2.41. The molecule has 1 aromatic carbocycles. The number of nitrogens with two attached hydrogens (primary N) is 1. The minimum Gasteiger partial charge on any atom is -0.424 e. The first-order valence-electron chi connectivity index (χ1n) is 8.14. The molecule has 4 rings (SSSR count). The van der Waals surface area contributed by atoms with Gasteiger partial charge in [0.15, 0.2) is 11.4 Å². The van der Waals surface area contributed by atoms with E-state index in [1.807, 2.05) is 24.3 Å². The zero-order chi connectivity index (χ0) is 16.5. The number of nitrogen functional groups attached to an aromatic ring is 1. The van der Waals surface area contributed by atoms with Crippen molar-refractivity contribution in [3.63, 3.8) is 0 Å². The highest BCUT2D eigenvalue weighted by Crippen LogP contribution is 2.25. The molecule has 0 bridgehead atoms. The number of hydrogen-bond donors (Lipinski definition) is 2. The van der Waals surface area contributed by atoms with Gasteiger partial charge >= 0.3 is 0 Å². The summed E-state index contributed by atoms with van der Waals surface area (Å²) in [4.78, 5) is 15.6. The zero-order valence-corrected chi connectivity index (χ0v) is 13.6. The number of nitrogens with one attached hydrogen (secondary N) is 1. The molecule has 0 spiro atoms. The molecule has 1 aliphatic heterocycles. The average Bonchev–Trinajstić information content (AvgIpc) is 3.01. The fraction of sp³-hybridized carbons (Fsp3) is 0.353. The Balaban J connectivity index is 1.65. The first kappa shape index (κ1) is 14.9. The van der Waals surface area contributed by atoms with Gasteiger partial charge in [0.2, 0.25) is 0 Å². The van der Waals surface area contributed by atoms with Crippen LogP contribution in [-0.4, -0.2) is 41.1 Å². The van der Waals surface area contributed by atoms with Crippen molar-refractivity contribution in [2.75, 3.05) is 30.8 Å². The van der Waals surface area contributed by atoms with Crippen LogP contribution in [0, 0.1) is 0 Å². The van der Waals surface area contributed by atoms with Crippen molar-refractivity contribution in [1.82, 2.24) is 20.3 Å². The fourth-order valence-electron chi connectivity index (χ4n) is 3.15. The lowest BCUT2D eigenvalue weighted by Gasteiger charge is -2.32. The Morgan fingerprint density at radius 1 is 1.21 bits per heavy atom. The second kappa shape index (κ2) is 6.09. The molecule has 1 fully saturated rings. The minimum absolute atomic E-state index is 0.169. The Kier molecular flexibility index (Phi) is 3.78. The number of oxazole rings is 1. The van der Waals surface area contributed by atoms with E-state index in [-0.39, 0.29) is 6.01 Å². The van der Waals surface area contributed by atoms with Crippen LogP contribution < -0.4 is 16.0 Å². The normalized spacial score (nSPS) is 15.7. The molecular weight excluding hydrogens is 304 g/mol. The van der Waals surface area contributed by atoms with Crippen LogP contribution in [0.1, 0.15) is 12.8 Å². The molecule has 1 saturated heterocycles. The second-order valence-corrected chi connectivity index (χ2v) is 6.07. The molecule has 7 heteroatoms. The van der Waals surface area contributed by atoms with E-state index in [0.717, 1.165) is 37.3 Å². The number of nitrogens with zero attached hydrogens (tertiary/aromatic N) is 4. The second-order valence-electron chi connectivity index (χ2n) is 6.07. The summed E-state index contributed by atoms with van der Waals surface area (Å²) in [5.74, 6) is 1.61. The number of piperidine rings is 1. The van der Waals surface area contributed by atoms with Crippen molar-refractivity contribution < 1.29 is 4.42 Å². The first-order valence-corrected chi connectivity index (χ1v) is 8.14. The monoisotopic (exact) mass is 324 g/mol. The molecule has 0 saturated carbocycles. The molecule has 0 aliphatic carbocycles. The van der Waals surface area contributed by atoms with E-state index in [9.17, 15) is 0 Å². The number of fused-ring (bicyclic) bond motifs is 1. The maximum absolute atomic E-state index is 5.60. The molecule has 7 nitrogen and oxygen atoms in total. The van der Waals surface area contributed by atoms with Gasteiger partial charge < -0.3 is 20.4 Å². The Morgan fingerprint density at radius 3 is 2.88 bits per heavy atom. The first-order chi connectivity index (χ1) is 11.7. The molecule has 1 aliphatic rings. The summed E-state index contributed by atoms with van der Waals surface area (Å²) >= 11 is 0. The van der Waals surface area contributed by atoms with Gasteiger partial charge in [-0.25, -0.2) is 9.97 Å². The molecule has 3 aromatic rings. The van der Waals surface area contributed by atoms with E-state index < -0.39 is 0 Å². The summed E-state index contributed by atoms with van der Waals surface area (Å²) in [5.41, 5.74) is 7.88. The zero-order valence-electron chi connectivity index (χ0n) is 13.6. The van der Waals surface area contributed by atoms with Crippen LogP contribution in [0.5, 0.6) is 0 Å². The van der Waals surface area contributed by atoms with Crippen molar-refractivity contribution in [2.45, 2.75) is 18.9 Å². The maximum Gasteiger partial charge on any atom is 0.292 e. The van der Waals surface area contributed by atoms with Gasteiger partial charge in [-0.15, -0.1) is 0 Å². The van der Waals surface area contributed by atoms with Gasteiger partial charge in [0.25, 0.3) is 6.01 Å². The molecule has 3 heterocycles. The maximum atomic E-state index is 5.60. The van der Waals surface area contributed by atoms with Gasteiger partial charge in [0.1, 0.15) is 11.3 Å². The van der Waals surface area contributed by atoms with Crippen molar-refractivity contribution in [1.29, 1.82) is 0 Å². The average molecular weight is 324 g/mol. The van der Waals surface area contributed by atoms with Gasteiger partial charge in [0.05, 0.1) is 0 Å². The summed E-state index contributed by atoms with van der Waals surface area (Å²) in [6.07, 6.45) is 4.05. The Hall–Kier alpha value is -2.67. The molecule has 124 valence electrons. The van der Waals surface area contributed by atoms with Crippen LogP contribution >= 0.6 is 0 Å². The number of hydrogen-bond acceptors (Lipinski definition) is 7. The third-order valence-electron chi connectivity index (χ3n) is 4.52. The van der Waals surface area contributed by atoms with Gasteiger partial charge in [-0.1, -0.05) is 0 Å². The lowest BCUT2D eigenvalue weighted by atomic mass is 10.1. The SMILES string of the molecule is CN(c1ccnc(-c2ccc3oc(N)nc3c2)n1)C1CCNCC1. The van der Waals surface area contributed by atoms with E-state index in [1.165, 1.54) is 0 Å². The largest absolute Gasteiger partial charge is 0.424 e. The summed E-state index contributed by atoms with van der Waals surface area (Å²) in [6.45, 7) is 2.11. The van der Waals surface area contributed by atoms with E-state index in [2.05, 4.69) is 27.2 Å². The van der Waals surface area contributed by atoms with Gasteiger partial charge in [-0.05, 0) is 50.2 Å². The molecular formula is C17H20N6O. The van der Waals surface area contributed by atoms with Gasteiger partial charge in [0, 0.05) is 24.8 Å². The molecule has 0 atom stereocenters. The van der Waals surface area contributed by atoms with Crippen molar-refractivity contribution in [2.24, 2.45) is 0 Å². The third kappa shape index (κ3) is 2.78. The van der Waals surface area contributed by atoms with E-state index in [4.69, 9.17) is 15.1 Å². The summed E-state index contributed by atoms with van der Waals surface area (Å²) in [7, 11) is 2.10. The fourth-order valence-corrected chi connectivity index (χ4v) is 3.15. The highest BCUT2D eigenvalue weighted by molar-refractivity contribution is 5.79.